The van der Waals surface area contributed by atoms with Gasteiger partial charge in [-0.1, -0.05) is 35.0 Å². The second kappa shape index (κ2) is 8.12. The predicted molar refractivity (Wildman–Crippen MR) is 105 cm³/mol. The average Bonchev–Trinajstić information content (AvgIpc) is 3.15. The molecule has 3 rings (SSSR count). The summed E-state index contributed by atoms with van der Waals surface area (Å²) >= 11 is 0. The van der Waals surface area contributed by atoms with E-state index in [0.29, 0.717) is 11.6 Å². The molecule has 1 heterocycles. The van der Waals surface area contributed by atoms with Crippen LogP contribution in [0.5, 0.6) is 5.75 Å². The Morgan fingerprint density at radius 1 is 1.07 bits per heavy atom. The molecular formula is C20H23N3O4S. The van der Waals surface area contributed by atoms with Gasteiger partial charge in [0.2, 0.25) is 21.7 Å². The number of hydrogen-bond donors (Lipinski definition) is 0. The second-order valence-electron chi connectivity index (χ2n) is 6.70. The summed E-state index contributed by atoms with van der Waals surface area (Å²) in [6.07, 6.45) is 0. The van der Waals surface area contributed by atoms with Crippen molar-refractivity contribution in [2.24, 2.45) is 0 Å². The van der Waals surface area contributed by atoms with E-state index in [1.165, 1.54) is 23.5 Å². The molecule has 0 saturated carbocycles. The SMILES string of the molecule is COc1ccc(S(=O)(=O)N(Cc2nc(-c3ccc(C)cc3)no2)C(C)C)cc1. The van der Waals surface area contributed by atoms with Crippen LogP contribution in [0.4, 0.5) is 0 Å². The molecule has 0 radical (unpaired) electrons. The van der Waals surface area contributed by atoms with E-state index in [9.17, 15) is 8.42 Å². The van der Waals surface area contributed by atoms with Gasteiger partial charge in [0.15, 0.2) is 0 Å². The molecule has 28 heavy (non-hydrogen) atoms. The van der Waals surface area contributed by atoms with Gasteiger partial charge in [-0.3, -0.25) is 0 Å². The number of aryl methyl sites for hydroxylation is 1. The van der Waals surface area contributed by atoms with Gasteiger partial charge in [-0.2, -0.15) is 9.29 Å². The number of nitrogens with zero attached hydrogens (tertiary/aromatic N) is 3. The molecule has 0 aliphatic rings. The van der Waals surface area contributed by atoms with Gasteiger partial charge in [0.25, 0.3) is 0 Å². The first-order valence-corrected chi connectivity index (χ1v) is 10.3. The molecule has 0 aliphatic carbocycles. The van der Waals surface area contributed by atoms with E-state index in [0.717, 1.165) is 11.1 Å². The Balaban J connectivity index is 1.86. The standard InChI is InChI=1S/C20H23N3O4S/c1-14(2)23(28(24,25)18-11-9-17(26-4)10-12-18)13-19-21-20(22-27-19)16-7-5-15(3)6-8-16/h5-12,14H,13H2,1-4H3. The zero-order chi connectivity index (χ0) is 20.3. The zero-order valence-corrected chi connectivity index (χ0v) is 17.1. The number of rotatable bonds is 7. The number of sulfonamides is 1. The highest BCUT2D eigenvalue weighted by atomic mass is 32.2. The van der Waals surface area contributed by atoms with Crippen molar-refractivity contribution in [2.75, 3.05) is 7.11 Å². The first kappa shape index (κ1) is 20.0. The zero-order valence-electron chi connectivity index (χ0n) is 16.3. The van der Waals surface area contributed by atoms with Gasteiger partial charge in [-0.05, 0) is 45.0 Å². The van der Waals surface area contributed by atoms with Crippen LogP contribution < -0.4 is 4.74 Å². The highest BCUT2D eigenvalue weighted by Gasteiger charge is 2.29. The fourth-order valence-electron chi connectivity index (χ4n) is 2.70. The summed E-state index contributed by atoms with van der Waals surface area (Å²) in [6, 6.07) is 13.7. The van der Waals surface area contributed by atoms with Crippen LogP contribution in [-0.4, -0.2) is 36.0 Å². The lowest BCUT2D eigenvalue weighted by Crippen LogP contribution is -2.36. The maximum Gasteiger partial charge on any atom is 0.243 e. The van der Waals surface area contributed by atoms with E-state index in [2.05, 4.69) is 10.1 Å². The quantitative estimate of drug-likeness (QED) is 0.601. The summed E-state index contributed by atoms with van der Waals surface area (Å²) < 4.78 is 37.9. The molecular weight excluding hydrogens is 378 g/mol. The van der Waals surface area contributed by atoms with Gasteiger partial charge in [0, 0.05) is 11.6 Å². The summed E-state index contributed by atoms with van der Waals surface area (Å²) in [5, 5.41) is 3.98. The summed E-state index contributed by atoms with van der Waals surface area (Å²) in [6.45, 7) is 5.59. The third kappa shape index (κ3) is 4.23. The predicted octanol–water partition coefficient (Wildman–Crippen LogP) is 3.65. The lowest BCUT2D eigenvalue weighted by molar-refractivity contribution is 0.286. The molecule has 0 saturated heterocycles. The molecule has 0 fully saturated rings. The lowest BCUT2D eigenvalue weighted by Gasteiger charge is -2.24. The van der Waals surface area contributed by atoms with Gasteiger partial charge in [0.1, 0.15) is 5.75 Å². The highest BCUT2D eigenvalue weighted by Crippen LogP contribution is 2.24. The van der Waals surface area contributed by atoms with Crippen molar-refractivity contribution in [3.8, 4) is 17.1 Å². The smallest absolute Gasteiger partial charge is 0.243 e. The first-order chi connectivity index (χ1) is 13.3. The Bertz CT molecular complexity index is 1030. The van der Waals surface area contributed by atoms with Gasteiger partial charge >= 0.3 is 0 Å². The van der Waals surface area contributed by atoms with Gasteiger partial charge in [-0.25, -0.2) is 8.42 Å². The Kier molecular flexibility index (Phi) is 5.81. The molecule has 0 atom stereocenters. The normalized spacial score (nSPS) is 11.9. The number of benzene rings is 2. The largest absolute Gasteiger partial charge is 0.497 e. The summed E-state index contributed by atoms with van der Waals surface area (Å²) in [4.78, 5) is 4.54. The van der Waals surface area contributed by atoms with Gasteiger partial charge < -0.3 is 9.26 Å². The van der Waals surface area contributed by atoms with Crippen molar-refractivity contribution in [3.05, 3.63) is 60.0 Å². The van der Waals surface area contributed by atoms with E-state index in [4.69, 9.17) is 9.26 Å². The van der Waals surface area contributed by atoms with E-state index in [1.807, 2.05) is 31.2 Å². The first-order valence-electron chi connectivity index (χ1n) is 8.87. The Morgan fingerprint density at radius 2 is 1.71 bits per heavy atom. The van der Waals surface area contributed by atoms with Crippen molar-refractivity contribution in [3.63, 3.8) is 0 Å². The number of aromatic nitrogens is 2. The van der Waals surface area contributed by atoms with Gasteiger partial charge in [-0.15, -0.1) is 0 Å². The van der Waals surface area contributed by atoms with Crippen LogP contribution in [0.1, 0.15) is 25.3 Å². The average molecular weight is 401 g/mol. The summed E-state index contributed by atoms with van der Waals surface area (Å²) in [5.74, 6) is 1.26. The fourth-order valence-corrected chi connectivity index (χ4v) is 4.29. The third-order valence-corrected chi connectivity index (χ3v) is 6.35. The molecule has 2 aromatic carbocycles. The molecule has 8 heteroatoms. The summed E-state index contributed by atoms with van der Waals surface area (Å²) in [7, 11) is -2.20. The minimum atomic E-state index is -3.73. The highest BCUT2D eigenvalue weighted by molar-refractivity contribution is 7.89. The second-order valence-corrected chi connectivity index (χ2v) is 8.59. The van der Waals surface area contributed by atoms with Crippen LogP contribution in [0.25, 0.3) is 11.4 Å². The van der Waals surface area contributed by atoms with Crippen LogP contribution in [0.2, 0.25) is 0 Å². The third-order valence-electron chi connectivity index (χ3n) is 4.31. The molecule has 148 valence electrons. The van der Waals surface area contributed by atoms with Crippen LogP contribution in [0.15, 0.2) is 57.9 Å². The molecule has 0 amide bonds. The number of ether oxygens (including phenoxy) is 1. The van der Waals surface area contributed by atoms with E-state index in [-0.39, 0.29) is 23.4 Å². The molecule has 0 unspecified atom stereocenters. The maximum absolute atomic E-state index is 13.1. The van der Waals surface area contributed by atoms with E-state index in [1.54, 1.807) is 26.0 Å². The van der Waals surface area contributed by atoms with Crippen molar-refractivity contribution >= 4 is 10.0 Å². The molecule has 1 aromatic heterocycles. The van der Waals surface area contributed by atoms with Crippen LogP contribution in [0.3, 0.4) is 0 Å². The van der Waals surface area contributed by atoms with Crippen LogP contribution in [-0.2, 0) is 16.6 Å². The fraction of sp³-hybridized carbons (Fsp3) is 0.300. The molecule has 0 aliphatic heterocycles. The summed E-state index contributed by atoms with van der Waals surface area (Å²) in [5.41, 5.74) is 1.94. The Hall–Kier alpha value is -2.71. The lowest BCUT2D eigenvalue weighted by atomic mass is 10.1. The molecule has 7 nitrogen and oxygen atoms in total. The number of methoxy groups -OCH3 is 1. The maximum atomic E-state index is 13.1. The van der Waals surface area contributed by atoms with Crippen molar-refractivity contribution in [1.29, 1.82) is 0 Å². The molecule has 0 N–H and O–H groups in total. The van der Waals surface area contributed by atoms with E-state index < -0.39 is 10.0 Å². The Labute approximate surface area is 165 Å². The minimum Gasteiger partial charge on any atom is -0.497 e. The Morgan fingerprint density at radius 3 is 2.29 bits per heavy atom. The number of hydrogen-bond acceptors (Lipinski definition) is 6. The van der Waals surface area contributed by atoms with Crippen molar-refractivity contribution < 1.29 is 17.7 Å². The van der Waals surface area contributed by atoms with Gasteiger partial charge in [0.05, 0.1) is 18.6 Å². The topological polar surface area (TPSA) is 85.5 Å². The van der Waals surface area contributed by atoms with Crippen LogP contribution >= 0.6 is 0 Å². The monoisotopic (exact) mass is 401 g/mol. The minimum absolute atomic E-state index is 0.00904. The molecule has 0 bridgehead atoms. The molecule has 0 spiro atoms. The van der Waals surface area contributed by atoms with Crippen LogP contribution in [0, 0.1) is 6.92 Å². The van der Waals surface area contributed by atoms with E-state index >= 15 is 0 Å². The van der Waals surface area contributed by atoms with Crippen molar-refractivity contribution in [1.82, 2.24) is 14.4 Å². The van der Waals surface area contributed by atoms with Crippen molar-refractivity contribution in [2.45, 2.75) is 38.3 Å². The molecule has 3 aromatic rings.